The molecule has 0 aromatic heterocycles. The maximum absolute atomic E-state index is 13.1. The van der Waals surface area contributed by atoms with E-state index < -0.39 is 6.04 Å². The van der Waals surface area contributed by atoms with E-state index in [9.17, 15) is 9.59 Å². The Kier molecular flexibility index (Phi) is 7.44. The quantitative estimate of drug-likeness (QED) is 0.422. The van der Waals surface area contributed by atoms with Crippen molar-refractivity contribution in [2.24, 2.45) is 0 Å². The summed E-state index contributed by atoms with van der Waals surface area (Å²) in [4.78, 5) is 29.8. The minimum Gasteiger partial charge on any atom is -0.489 e. The molecule has 1 unspecified atom stereocenters. The molecular weight excluding hydrogens is 498 g/mol. The molecule has 3 heterocycles. The second kappa shape index (κ2) is 11.3. The van der Waals surface area contributed by atoms with Crippen molar-refractivity contribution in [1.29, 1.82) is 0 Å². The number of carbonyl (C=O) groups is 2. The first-order valence-electron chi connectivity index (χ1n) is 14.3. The molecule has 6 nitrogen and oxygen atoms in total. The average molecular weight is 536 g/mol. The number of fused-ring (bicyclic) bond motifs is 1. The Morgan fingerprint density at radius 2 is 1.65 bits per heavy atom. The van der Waals surface area contributed by atoms with Gasteiger partial charge in [0.2, 0.25) is 5.91 Å². The molecule has 1 N–H and O–H groups in total. The molecule has 6 heteroatoms. The van der Waals surface area contributed by atoms with Gasteiger partial charge in [0.25, 0.3) is 5.91 Å². The maximum atomic E-state index is 13.1. The highest BCUT2D eigenvalue weighted by atomic mass is 16.5. The molecule has 40 heavy (non-hydrogen) atoms. The van der Waals surface area contributed by atoms with Crippen LogP contribution in [0.15, 0.2) is 79.0 Å². The molecule has 3 aromatic rings. The van der Waals surface area contributed by atoms with Gasteiger partial charge in [0.05, 0.1) is 0 Å². The highest BCUT2D eigenvalue weighted by Crippen LogP contribution is 2.34. The number of nitrogens with zero attached hydrogens (tertiary/aromatic N) is 2. The summed E-state index contributed by atoms with van der Waals surface area (Å²) in [5, 5.41) is 2.82. The summed E-state index contributed by atoms with van der Waals surface area (Å²) >= 11 is 0. The lowest BCUT2D eigenvalue weighted by molar-refractivity contribution is -0.126. The molecule has 2 fully saturated rings. The van der Waals surface area contributed by atoms with Crippen LogP contribution in [0.4, 0.5) is 0 Å². The van der Waals surface area contributed by atoms with Crippen molar-refractivity contribution in [3.63, 3.8) is 0 Å². The molecule has 0 aliphatic carbocycles. The van der Waals surface area contributed by atoms with Gasteiger partial charge >= 0.3 is 0 Å². The summed E-state index contributed by atoms with van der Waals surface area (Å²) in [7, 11) is 0. The Morgan fingerprint density at radius 1 is 0.925 bits per heavy atom. The van der Waals surface area contributed by atoms with Gasteiger partial charge in [-0.3, -0.25) is 14.5 Å². The Hall–Kier alpha value is -3.90. The van der Waals surface area contributed by atoms with Gasteiger partial charge in [-0.25, -0.2) is 0 Å². The van der Waals surface area contributed by atoms with E-state index in [0.717, 1.165) is 55.0 Å². The number of hydrogen-bond acceptors (Lipinski definition) is 4. The Morgan fingerprint density at radius 3 is 2.38 bits per heavy atom. The van der Waals surface area contributed by atoms with Gasteiger partial charge in [-0.15, -0.1) is 0 Å². The molecule has 3 aliphatic rings. The van der Waals surface area contributed by atoms with E-state index in [-0.39, 0.29) is 11.8 Å². The number of aryl methyl sites for hydroxylation is 1. The molecule has 206 valence electrons. The molecule has 2 saturated heterocycles. The van der Waals surface area contributed by atoms with Crippen molar-refractivity contribution in [1.82, 2.24) is 15.1 Å². The summed E-state index contributed by atoms with van der Waals surface area (Å²) in [6.07, 6.45) is 3.55. The van der Waals surface area contributed by atoms with Crippen LogP contribution in [0, 0.1) is 6.92 Å². The zero-order chi connectivity index (χ0) is 27.6. The fourth-order valence-corrected chi connectivity index (χ4v) is 6.15. The number of amides is 2. The van der Waals surface area contributed by atoms with Gasteiger partial charge in [-0.2, -0.15) is 0 Å². The highest BCUT2D eigenvalue weighted by Gasteiger charge is 2.38. The standard InChI is InChI=1S/C34H37N3O3/c1-23-3-6-26(7-4-23)22-40-30-11-8-25(9-12-30)20-36-17-15-27(16-18-36)28-10-13-31-29(19-28)21-37(34(31)39)32-14-5-24(2)35-33(32)38/h3-4,6-13,19,27,32H,2,5,14-18,20-22H2,1H3,(H,35,38). The zero-order valence-electron chi connectivity index (χ0n) is 23.2. The zero-order valence-corrected chi connectivity index (χ0v) is 23.2. The topological polar surface area (TPSA) is 61.9 Å². The third kappa shape index (κ3) is 5.68. The summed E-state index contributed by atoms with van der Waals surface area (Å²) in [6.45, 7) is 10.1. The van der Waals surface area contributed by atoms with Gasteiger partial charge < -0.3 is 15.0 Å². The molecule has 0 bridgehead atoms. The van der Waals surface area contributed by atoms with Crippen molar-refractivity contribution >= 4 is 11.8 Å². The van der Waals surface area contributed by atoms with E-state index in [1.54, 1.807) is 4.90 Å². The number of rotatable bonds is 7. The minimum absolute atomic E-state index is 0.0319. The number of hydrogen-bond donors (Lipinski definition) is 1. The predicted octanol–water partition coefficient (Wildman–Crippen LogP) is 5.70. The average Bonchev–Trinajstić information content (AvgIpc) is 3.29. The summed E-state index contributed by atoms with van der Waals surface area (Å²) in [6, 6.07) is 22.8. The molecule has 3 aliphatic heterocycles. The van der Waals surface area contributed by atoms with E-state index in [0.29, 0.717) is 31.9 Å². The maximum Gasteiger partial charge on any atom is 0.255 e. The lowest BCUT2D eigenvalue weighted by atomic mass is 9.87. The van der Waals surface area contributed by atoms with Crippen LogP contribution in [-0.4, -0.2) is 40.7 Å². The number of benzene rings is 3. The SMILES string of the molecule is C=C1CCC(N2Cc3cc(C4CCN(Cc5ccc(OCc6ccc(C)cc6)cc5)CC4)ccc3C2=O)C(=O)N1. The van der Waals surface area contributed by atoms with Gasteiger partial charge in [0.1, 0.15) is 18.4 Å². The van der Waals surface area contributed by atoms with Crippen LogP contribution in [0.2, 0.25) is 0 Å². The minimum atomic E-state index is -0.411. The van der Waals surface area contributed by atoms with Crippen LogP contribution in [0.3, 0.4) is 0 Å². The molecule has 3 aromatic carbocycles. The van der Waals surface area contributed by atoms with Gasteiger partial charge in [0, 0.05) is 24.4 Å². The van der Waals surface area contributed by atoms with Gasteiger partial charge in [-0.05, 0) is 92.1 Å². The first-order valence-corrected chi connectivity index (χ1v) is 14.3. The Bertz CT molecular complexity index is 1410. The normalized spacial score (nSPS) is 20.0. The lowest BCUT2D eigenvalue weighted by Gasteiger charge is -2.32. The molecule has 2 amide bonds. The number of nitrogens with one attached hydrogen (secondary N) is 1. The third-order valence-corrected chi connectivity index (χ3v) is 8.57. The Labute approximate surface area is 236 Å². The largest absolute Gasteiger partial charge is 0.489 e. The smallest absolute Gasteiger partial charge is 0.255 e. The van der Waals surface area contributed by atoms with E-state index in [2.05, 4.69) is 84.4 Å². The highest BCUT2D eigenvalue weighted by molar-refractivity contribution is 6.01. The number of ether oxygens (including phenoxy) is 1. The monoisotopic (exact) mass is 535 g/mol. The molecule has 0 radical (unpaired) electrons. The summed E-state index contributed by atoms with van der Waals surface area (Å²) in [5.74, 6) is 1.24. The van der Waals surface area contributed by atoms with Crippen LogP contribution in [0.1, 0.15) is 69.8 Å². The number of piperidine rings is 2. The first kappa shape index (κ1) is 26.3. The predicted molar refractivity (Wildman–Crippen MR) is 156 cm³/mol. The fraction of sp³-hybridized carbons (Fsp3) is 0.353. The van der Waals surface area contributed by atoms with E-state index in [4.69, 9.17) is 4.74 Å². The van der Waals surface area contributed by atoms with E-state index in [1.165, 1.54) is 22.3 Å². The van der Waals surface area contributed by atoms with Crippen molar-refractivity contribution < 1.29 is 14.3 Å². The number of allylic oxidation sites excluding steroid dienone is 1. The van der Waals surface area contributed by atoms with Crippen LogP contribution >= 0.6 is 0 Å². The van der Waals surface area contributed by atoms with E-state index >= 15 is 0 Å². The van der Waals surface area contributed by atoms with Crippen LogP contribution in [-0.2, 0) is 24.5 Å². The second-order valence-corrected chi connectivity index (χ2v) is 11.5. The second-order valence-electron chi connectivity index (χ2n) is 11.5. The molecule has 1 atom stereocenters. The van der Waals surface area contributed by atoms with Crippen molar-refractivity contribution in [2.75, 3.05) is 13.1 Å². The summed E-state index contributed by atoms with van der Waals surface area (Å²) < 4.78 is 5.97. The van der Waals surface area contributed by atoms with Gasteiger partial charge in [-0.1, -0.05) is 60.7 Å². The first-order chi connectivity index (χ1) is 19.4. The van der Waals surface area contributed by atoms with Crippen molar-refractivity contribution in [2.45, 2.75) is 64.3 Å². The molecular formula is C34H37N3O3. The van der Waals surface area contributed by atoms with Crippen molar-refractivity contribution in [3.05, 3.63) is 112 Å². The van der Waals surface area contributed by atoms with Crippen LogP contribution in [0.5, 0.6) is 5.75 Å². The van der Waals surface area contributed by atoms with Crippen molar-refractivity contribution in [3.8, 4) is 5.75 Å². The molecule has 0 spiro atoms. The number of carbonyl (C=O) groups excluding carboxylic acids is 2. The fourth-order valence-electron chi connectivity index (χ4n) is 6.15. The summed E-state index contributed by atoms with van der Waals surface area (Å²) in [5.41, 5.74) is 7.56. The number of likely N-dealkylation sites (tertiary alicyclic amines) is 1. The van der Waals surface area contributed by atoms with Crippen LogP contribution < -0.4 is 10.1 Å². The van der Waals surface area contributed by atoms with E-state index in [1.807, 2.05) is 6.07 Å². The Balaban J connectivity index is 1.00. The molecule has 0 saturated carbocycles. The third-order valence-electron chi connectivity index (χ3n) is 8.57. The van der Waals surface area contributed by atoms with Gasteiger partial charge in [0.15, 0.2) is 0 Å². The van der Waals surface area contributed by atoms with Crippen LogP contribution in [0.25, 0.3) is 0 Å². The lowest BCUT2D eigenvalue weighted by Crippen LogP contribution is -2.49. The molecule has 6 rings (SSSR count).